The van der Waals surface area contributed by atoms with Crippen molar-refractivity contribution in [2.24, 2.45) is 0 Å². The highest BCUT2D eigenvalue weighted by Gasteiger charge is 2.95. The first kappa shape index (κ1) is 38.7. The number of hydrogen-bond donors (Lipinski definition) is 0. The highest BCUT2D eigenvalue weighted by Crippen LogP contribution is 2.64. The molecule has 0 saturated carbocycles. The van der Waals surface area contributed by atoms with E-state index in [-0.39, 0.29) is 0 Å². The van der Waals surface area contributed by atoms with Crippen LogP contribution in [0.2, 0.25) is 0 Å². The van der Waals surface area contributed by atoms with Gasteiger partial charge < -0.3 is 4.55 Å². The third-order valence-electron chi connectivity index (χ3n) is 5.11. The van der Waals surface area contributed by atoms with Gasteiger partial charge in [-0.15, -0.1) is 0 Å². The molecule has 0 N–H and O–H groups in total. The Morgan fingerprint density at radius 1 is 0.700 bits per heavy atom. The van der Waals surface area contributed by atoms with Crippen molar-refractivity contribution >= 4 is 27.7 Å². The van der Waals surface area contributed by atoms with Gasteiger partial charge >= 0.3 is 47.0 Å². The van der Waals surface area contributed by atoms with Crippen molar-refractivity contribution in [3.05, 3.63) is 0 Å². The largest absolute Gasteiger partial charge is 0.743 e. The van der Waals surface area contributed by atoms with Gasteiger partial charge in [0.25, 0.3) is 0 Å². The smallest absolute Gasteiger partial charge is 0.460 e. The minimum atomic E-state index is -8.92. The normalized spacial score (nSPS) is 19.1. The minimum Gasteiger partial charge on any atom is -0.743 e. The fourth-order valence-corrected chi connectivity index (χ4v) is 4.63. The first-order valence-corrected chi connectivity index (χ1v) is 12.8. The van der Waals surface area contributed by atoms with Crippen LogP contribution in [0.15, 0.2) is 0 Å². The molecule has 0 spiro atoms. The monoisotopic (exact) mass is 672 g/mol. The molecule has 240 valence electrons. The number of Topliss-reactive ketones (excluding diaryl/α,β-unsaturated/α-hetero) is 1. The topological polar surface area (TPSA) is 74.3 Å². The van der Waals surface area contributed by atoms with Crippen LogP contribution < -0.4 is 0 Å². The lowest BCUT2D eigenvalue weighted by Crippen LogP contribution is -2.75. The summed E-state index contributed by atoms with van der Waals surface area (Å²) in [6, 6.07) is 0. The van der Waals surface area contributed by atoms with Crippen LogP contribution in [-0.2, 0) is 26.7 Å². The number of ketones is 1. The van der Waals surface area contributed by atoms with E-state index in [1.807, 2.05) is 0 Å². The van der Waals surface area contributed by atoms with Crippen LogP contribution in [0.3, 0.4) is 0 Å². The van der Waals surface area contributed by atoms with Gasteiger partial charge in [-0.1, -0.05) is 6.92 Å². The summed E-state index contributed by atoms with van der Waals surface area (Å²) in [6.45, 7) is 2.08. The molecule has 0 bridgehead atoms. The van der Waals surface area contributed by atoms with Crippen molar-refractivity contribution in [1.82, 2.24) is 0 Å². The van der Waals surface area contributed by atoms with Crippen LogP contribution in [0.5, 0.6) is 0 Å². The number of thiol groups is 1. The average molecular weight is 672 g/mol. The summed E-state index contributed by atoms with van der Waals surface area (Å²) in [7, 11) is -8.14. The van der Waals surface area contributed by atoms with Crippen molar-refractivity contribution in [3.63, 3.8) is 0 Å². The van der Waals surface area contributed by atoms with E-state index >= 15 is 0 Å². The molecule has 1 aliphatic heterocycles. The van der Waals surface area contributed by atoms with Gasteiger partial charge in [-0.2, -0.15) is 74.6 Å². The Morgan fingerprint density at radius 3 is 1.38 bits per heavy atom. The van der Waals surface area contributed by atoms with E-state index in [9.17, 15) is 92.4 Å². The van der Waals surface area contributed by atoms with Crippen molar-refractivity contribution < 1.29 is 92.4 Å². The van der Waals surface area contributed by atoms with Crippen LogP contribution in [-0.4, -0.2) is 76.7 Å². The molecule has 40 heavy (non-hydrogen) atoms. The number of hydrogen-bond acceptors (Lipinski definition) is 4. The highest BCUT2D eigenvalue weighted by molar-refractivity contribution is 7.86. The maximum absolute atomic E-state index is 13.0. The van der Waals surface area contributed by atoms with Crippen molar-refractivity contribution in [1.29, 1.82) is 0 Å². The number of halogens is 17. The lowest BCUT2D eigenvalue weighted by molar-refractivity contribution is -0.458. The third-order valence-corrected chi connectivity index (χ3v) is 7.56. The maximum atomic E-state index is 13.0. The molecule has 1 saturated heterocycles. The fraction of sp³-hybridized carbons (Fsp3) is 0.941. The Balaban J connectivity index is 0.00000114. The number of alkyl halides is 17. The summed E-state index contributed by atoms with van der Waals surface area (Å²) in [6.07, 6.45) is -2.32. The summed E-state index contributed by atoms with van der Waals surface area (Å²) < 4.78 is 244. The van der Waals surface area contributed by atoms with E-state index in [1.54, 1.807) is 0 Å². The van der Waals surface area contributed by atoms with Gasteiger partial charge in [-0.25, -0.2) is 8.42 Å². The Kier molecular flexibility index (Phi) is 11.4. The second-order valence-corrected chi connectivity index (χ2v) is 10.9. The van der Waals surface area contributed by atoms with E-state index in [4.69, 9.17) is 0 Å². The van der Waals surface area contributed by atoms with E-state index in [0.29, 0.717) is 11.0 Å². The number of rotatable bonds is 10. The molecule has 1 rings (SSSR count). The lowest BCUT2D eigenvalue weighted by atomic mass is 9.91. The molecule has 23 heteroatoms. The zero-order valence-electron chi connectivity index (χ0n) is 19.2. The summed E-state index contributed by atoms with van der Waals surface area (Å²) in [5.41, 5.74) is 0. The van der Waals surface area contributed by atoms with E-state index in [1.165, 1.54) is 30.4 Å². The van der Waals surface area contributed by atoms with Gasteiger partial charge in [0.2, 0.25) is 0 Å². The fourth-order valence-electron chi connectivity index (χ4n) is 2.77. The standard InChI is InChI=1S/C9H16OS.C8HF17O3S/c1-2-5-8(10)9-6-3-4-7-11-9;9-1(10,3(13,14)5(17,18)7(21,22)23)2(11,12)4(15,16)6(19,20)8(24,25)29(26,27)28/h9H,2-7H2,1H3;(H,26,27,28). The maximum Gasteiger partial charge on any atom is 0.460 e. The summed E-state index contributed by atoms with van der Waals surface area (Å²) in [5.74, 6) is -50.4. The average Bonchev–Trinajstić information content (AvgIpc) is 2.78. The van der Waals surface area contributed by atoms with Crippen molar-refractivity contribution in [2.75, 3.05) is 5.75 Å². The minimum absolute atomic E-state index is 0.406. The molecule has 1 atom stereocenters. The Labute approximate surface area is 217 Å². The second-order valence-electron chi connectivity index (χ2n) is 8.05. The zero-order valence-corrected chi connectivity index (χ0v) is 20.9. The van der Waals surface area contributed by atoms with Crippen LogP contribution >= 0.6 is 0 Å². The lowest BCUT2D eigenvalue weighted by Gasteiger charge is -2.42. The SMILES string of the molecule is CCCC(=O)C1CCCC[SH+]1.O=S(=O)([O-])C(F)(F)C(F)(F)C(F)(F)C(F)(F)C(F)(F)C(F)(F)C(F)(F)C(F)(F)F. The van der Waals surface area contributed by atoms with Crippen LogP contribution in [0.1, 0.15) is 39.0 Å². The number of carbonyl (C=O) groups excluding carboxylic acids is 1. The molecule has 0 aromatic rings. The Morgan fingerprint density at radius 2 is 1.07 bits per heavy atom. The Bertz CT molecular complexity index is 986. The molecule has 1 aliphatic rings. The van der Waals surface area contributed by atoms with Gasteiger partial charge in [0.15, 0.2) is 21.2 Å². The summed E-state index contributed by atoms with van der Waals surface area (Å²) in [4.78, 5) is 11.4. The predicted molar refractivity (Wildman–Crippen MR) is 102 cm³/mol. The number of carbonyl (C=O) groups is 1. The second kappa shape index (κ2) is 11.8. The quantitative estimate of drug-likeness (QED) is 0.120. The van der Waals surface area contributed by atoms with Gasteiger partial charge in [-0.3, -0.25) is 4.79 Å². The highest BCUT2D eigenvalue weighted by atomic mass is 32.2. The third kappa shape index (κ3) is 6.38. The van der Waals surface area contributed by atoms with Gasteiger partial charge in [0.1, 0.15) is 5.75 Å². The van der Waals surface area contributed by atoms with Crippen molar-refractivity contribution in [3.8, 4) is 0 Å². The summed E-state index contributed by atoms with van der Waals surface area (Å²) >= 11 is 1.40. The molecule has 0 aromatic carbocycles. The molecule has 1 fully saturated rings. The zero-order chi connectivity index (χ0) is 32.6. The van der Waals surface area contributed by atoms with Gasteiger partial charge in [-0.05, 0) is 31.0 Å². The first-order valence-electron chi connectivity index (χ1n) is 10.2. The molecule has 0 aromatic heterocycles. The van der Waals surface area contributed by atoms with Crippen LogP contribution in [0.4, 0.5) is 74.6 Å². The van der Waals surface area contributed by atoms with Crippen LogP contribution in [0.25, 0.3) is 0 Å². The molecular formula is C17H17F17O4S2. The Hall–Kier alpha value is -1.26. The van der Waals surface area contributed by atoms with Gasteiger partial charge in [0.05, 0.1) is 0 Å². The first-order chi connectivity index (χ1) is 17.3. The van der Waals surface area contributed by atoms with Crippen LogP contribution in [0, 0.1) is 0 Å². The van der Waals surface area contributed by atoms with E-state index in [0.717, 1.165) is 19.3 Å². The molecule has 0 amide bonds. The predicted octanol–water partition coefficient (Wildman–Crippen LogP) is 6.22. The van der Waals surface area contributed by atoms with Crippen molar-refractivity contribution in [2.45, 2.75) is 91.2 Å². The summed E-state index contributed by atoms with van der Waals surface area (Å²) in [5, 5.41) is -7.55. The molecule has 0 aliphatic carbocycles. The molecule has 1 heterocycles. The molecule has 1 unspecified atom stereocenters. The molecule has 0 radical (unpaired) electrons. The molecular weight excluding hydrogens is 655 g/mol. The van der Waals surface area contributed by atoms with Gasteiger partial charge in [0, 0.05) is 12.8 Å². The van der Waals surface area contributed by atoms with E-state index in [2.05, 4.69) is 6.92 Å². The van der Waals surface area contributed by atoms with E-state index < -0.39 is 57.1 Å². The molecule has 4 nitrogen and oxygen atoms in total.